The molecular weight excluding hydrogens is 400 g/mol. The molecule has 0 aliphatic rings. The van der Waals surface area contributed by atoms with Gasteiger partial charge in [0.05, 0.1) is 17.5 Å². The summed E-state index contributed by atoms with van der Waals surface area (Å²) in [4.78, 5) is 29.6. The highest BCUT2D eigenvalue weighted by atomic mass is 35.5. The molecule has 28 heavy (non-hydrogen) atoms. The third-order valence-corrected chi connectivity index (χ3v) is 5.36. The van der Waals surface area contributed by atoms with E-state index in [-0.39, 0.29) is 16.5 Å². The quantitative estimate of drug-likeness (QED) is 0.485. The number of fused-ring (bicyclic) bond motifs is 1. The van der Waals surface area contributed by atoms with Crippen LogP contribution in [-0.4, -0.2) is 34.2 Å². The van der Waals surface area contributed by atoms with Gasteiger partial charge in [-0.2, -0.15) is 5.10 Å². The number of carbonyl (C=O) groups is 2. The van der Waals surface area contributed by atoms with E-state index in [2.05, 4.69) is 20.5 Å². The van der Waals surface area contributed by atoms with E-state index in [0.29, 0.717) is 20.8 Å². The van der Waals surface area contributed by atoms with Crippen LogP contribution in [0.15, 0.2) is 48.5 Å². The fourth-order valence-corrected chi connectivity index (χ4v) is 4.00. The summed E-state index contributed by atoms with van der Waals surface area (Å²) in [5.74, 6) is -1.05. The predicted octanol–water partition coefficient (Wildman–Crippen LogP) is 4.38. The molecule has 2 aromatic carbocycles. The number of aromatic nitrogens is 3. The van der Waals surface area contributed by atoms with E-state index in [0.717, 1.165) is 16.9 Å². The number of halogens is 1. The molecule has 0 radical (unpaired) electrons. The second-order valence-electron chi connectivity index (χ2n) is 5.74. The van der Waals surface area contributed by atoms with Crippen molar-refractivity contribution < 1.29 is 14.3 Å². The van der Waals surface area contributed by atoms with E-state index in [1.807, 2.05) is 18.2 Å². The maximum absolute atomic E-state index is 12.7. The number of esters is 1. The first kappa shape index (κ1) is 18.1. The van der Waals surface area contributed by atoms with Crippen molar-refractivity contribution in [1.29, 1.82) is 0 Å². The van der Waals surface area contributed by atoms with E-state index in [1.165, 1.54) is 7.11 Å². The van der Waals surface area contributed by atoms with E-state index in [1.54, 1.807) is 30.3 Å². The average molecular weight is 413 g/mol. The fraction of sp³-hybridized carbons (Fsp3) is 0.0526. The molecule has 0 bridgehead atoms. The number of anilines is 1. The molecule has 0 fully saturated rings. The third-order valence-electron chi connectivity index (χ3n) is 4.03. The zero-order chi connectivity index (χ0) is 19.7. The van der Waals surface area contributed by atoms with Crippen LogP contribution < -0.4 is 5.32 Å². The van der Waals surface area contributed by atoms with Gasteiger partial charge in [-0.15, -0.1) is 0 Å². The van der Waals surface area contributed by atoms with E-state index < -0.39 is 11.9 Å². The minimum absolute atomic E-state index is 0.0859. The molecular formula is C19H13ClN4O3S. The van der Waals surface area contributed by atoms with Crippen molar-refractivity contribution in [2.24, 2.45) is 0 Å². The van der Waals surface area contributed by atoms with Crippen LogP contribution in [0.4, 0.5) is 5.13 Å². The van der Waals surface area contributed by atoms with Gasteiger partial charge in [-0.3, -0.25) is 15.2 Å². The van der Waals surface area contributed by atoms with Gasteiger partial charge in [0.1, 0.15) is 0 Å². The molecule has 0 saturated heterocycles. The molecule has 140 valence electrons. The SMILES string of the molecule is COC(=O)c1nc(NC(=O)c2n[nH]c3ccccc23)sc1-c1ccccc1Cl. The van der Waals surface area contributed by atoms with Crippen LogP contribution in [0, 0.1) is 0 Å². The van der Waals surface area contributed by atoms with Crippen LogP contribution in [-0.2, 0) is 4.74 Å². The Bertz CT molecular complexity index is 1200. The summed E-state index contributed by atoms with van der Waals surface area (Å²) >= 11 is 7.40. The molecule has 2 N–H and O–H groups in total. The van der Waals surface area contributed by atoms with Crippen molar-refractivity contribution in [1.82, 2.24) is 15.2 Å². The average Bonchev–Trinajstić information content (AvgIpc) is 3.32. The Kier molecular flexibility index (Phi) is 4.81. The molecule has 7 nitrogen and oxygen atoms in total. The Balaban J connectivity index is 1.71. The lowest BCUT2D eigenvalue weighted by molar-refractivity contribution is 0.0595. The van der Waals surface area contributed by atoms with Gasteiger partial charge in [-0.05, 0) is 12.1 Å². The number of ether oxygens (including phenoxy) is 1. The number of amides is 1. The Labute approximate surface area is 168 Å². The van der Waals surface area contributed by atoms with Crippen LogP contribution in [0.2, 0.25) is 5.02 Å². The first-order valence-corrected chi connectivity index (χ1v) is 9.36. The topological polar surface area (TPSA) is 97.0 Å². The number of methoxy groups -OCH3 is 1. The number of nitrogens with one attached hydrogen (secondary N) is 2. The molecule has 0 aliphatic heterocycles. The highest BCUT2D eigenvalue weighted by Crippen LogP contribution is 2.37. The summed E-state index contributed by atoms with van der Waals surface area (Å²) in [6.45, 7) is 0. The first-order valence-electron chi connectivity index (χ1n) is 8.17. The second-order valence-corrected chi connectivity index (χ2v) is 7.15. The smallest absolute Gasteiger partial charge is 0.358 e. The molecule has 1 amide bonds. The van der Waals surface area contributed by atoms with Crippen LogP contribution in [0.5, 0.6) is 0 Å². The van der Waals surface area contributed by atoms with Gasteiger partial charge in [0, 0.05) is 16.0 Å². The fourth-order valence-electron chi connectivity index (χ4n) is 2.73. The summed E-state index contributed by atoms with van der Waals surface area (Å²) in [5.41, 5.74) is 1.71. The molecule has 0 atom stereocenters. The highest BCUT2D eigenvalue weighted by Gasteiger charge is 2.23. The van der Waals surface area contributed by atoms with Gasteiger partial charge < -0.3 is 4.74 Å². The first-order chi connectivity index (χ1) is 13.6. The number of nitrogens with zero attached hydrogens (tertiary/aromatic N) is 2. The van der Waals surface area contributed by atoms with Gasteiger partial charge in [0.2, 0.25) is 0 Å². The molecule has 4 aromatic rings. The number of aromatic amines is 1. The molecule has 0 aliphatic carbocycles. The molecule has 2 heterocycles. The Morgan fingerprint density at radius 2 is 1.86 bits per heavy atom. The summed E-state index contributed by atoms with van der Waals surface area (Å²) in [6, 6.07) is 14.4. The van der Waals surface area contributed by atoms with E-state index >= 15 is 0 Å². The van der Waals surface area contributed by atoms with Crippen LogP contribution in [0.3, 0.4) is 0 Å². The van der Waals surface area contributed by atoms with Crippen molar-refractivity contribution in [2.45, 2.75) is 0 Å². The highest BCUT2D eigenvalue weighted by molar-refractivity contribution is 7.19. The lowest BCUT2D eigenvalue weighted by Gasteiger charge is -2.02. The van der Waals surface area contributed by atoms with Gasteiger partial charge in [-0.1, -0.05) is 59.3 Å². The molecule has 0 saturated carbocycles. The minimum atomic E-state index is -0.614. The Hall–Kier alpha value is -3.23. The maximum Gasteiger partial charge on any atom is 0.358 e. The van der Waals surface area contributed by atoms with E-state index in [4.69, 9.17) is 16.3 Å². The zero-order valence-corrected chi connectivity index (χ0v) is 16.1. The standard InChI is InChI=1S/C19H13ClN4O3S/c1-27-18(26)15-16(10-6-2-4-8-12(10)20)28-19(21-15)22-17(25)14-11-7-3-5-9-13(11)23-24-14/h2-9H,1H3,(H,23,24)(H,21,22,25). The van der Waals surface area contributed by atoms with Gasteiger partial charge >= 0.3 is 5.97 Å². The number of benzene rings is 2. The monoisotopic (exact) mass is 412 g/mol. The number of H-pyrrole nitrogens is 1. The summed E-state index contributed by atoms with van der Waals surface area (Å²) < 4.78 is 4.82. The summed E-state index contributed by atoms with van der Waals surface area (Å²) in [7, 11) is 1.27. The number of para-hydroxylation sites is 1. The second kappa shape index (κ2) is 7.41. The van der Waals surface area contributed by atoms with Gasteiger partial charge in [-0.25, -0.2) is 9.78 Å². The van der Waals surface area contributed by atoms with Crippen LogP contribution >= 0.6 is 22.9 Å². The number of rotatable bonds is 4. The number of hydrogen-bond acceptors (Lipinski definition) is 6. The Morgan fingerprint density at radius 1 is 1.11 bits per heavy atom. The molecule has 0 unspecified atom stereocenters. The minimum Gasteiger partial charge on any atom is -0.464 e. The van der Waals surface area contributed by atoms with Crippen molar-refractivity contribution in [3.63, 3.8) is 0 Å². The Morgan fingerprint density at radius 3 is 2.64 bits per heavy atom. The summed E-state index contributed by atoms with van der Waals surface area (Å²) in [6.07, 6.45) is 0. The third kappa shape index (κ3) is 3.23. The van der Waals surface area contributed by atoms with Gasteiger partial charge in [0.25, 0.3) is 5.91 Å². The van der Waals surface area contributed by atoms with Crippen molar-refractivity contribution >= 4 is 50.8 Å². The largest absolute Gasteiger partial charge is 0.464 e. The van der Waals surface area contributed by atoms with Crippen molar-refractivity contribution in [3.05, 3.63) is 64.9 Å². The predicted molar refractivity (Wildman–Crippen MR) is 108 cm³/mol. The zero-order valence-electron chi connectivity index (χ0n) is 14.5. The number of hydrogen-bond donors (Lipinski definition) is 2. The number of thiazole rings is 1. The van der Waals surface area contributed by atoms with E-state index in [9.17, 15) is 9.59 Å². The van der Waals surface area contributed by atoms with Crippen molar-refractivity contribution in [3.8, 4) is 10.4 Å². The molecule has 0 spiro atoms. The van der Waals surface area contributed by atoms with Gasteiger partial charge in [0.15, 0.2) is 16.5 Å². The molecule has 4 rings (SSSR count). The summed E-state index contributed by atoms with van der Waals surface area (Å²) in [5, 5.41) is 11.0. The lowest BCUT2D eigenvalue weighted by Crippen LogP contribution is -2.13. The van der Waals surface area contributed by atoms with Crippen LogP contribution in [0.1, 0.15) is 21.0 Å². The normalized spacial score (nSPS) is 10.8. The van der Waals surface area contributed by atoms with Crippen molar-refractivity contribution in [2.75, 3.05) is 12.4 Å². The van der Waals surface area contributed by atoms with Crippen LogP contribution in [0.25, 0.3) is 21.3 Å². The maximum atomic E-state index is 12.7. The molecule has 2 aromatic heterocycles. The molecule has 9 heteroatoms. The number of carbonyl (C=O) groups excluding carboxylic acids is 2. The lowest BCUT2D eigenvalue weighted by atomic mass is 10.1.